The summed E-state index contributed by atoms with van der Waals surface area (Å²) in [6, 6.07) is 0.696. The summed E-state index contributed by atoms with van der Waals surface area (Å²) in [5.74, 6) is 0. The highest BCUT2D eigenvalue weighted by Crippen LogP contribution is 1.91. The van der Waals surface area contributed by atoms with E-state index in [2.05, 4.69) is 17.2 Å². The molecule has 0 spiro atoms. The second kappa shape index (κ2) is 2.99. The van der Waals surface area contributed by atoms with E-state index in [1.807, 2.05) is 6.92 Å². The minimum absolute atomic E-state index is 0.696. The molecule has 1 heterocycles. The van der Waals surface area contributed by atoms with Gasteiger partial charge in [0.15, 0.2) is 0 Å². The second-order valence-corrected chi connectivity index (χ2v) is 2.69. The summed E-state index contributed by atoms with van der Waals surface area (Å²) in [6.07, 6.45) is 0. The molecule has 9 heavy (non-hydrogen) atoms. The Labute approximate surface area is 56.3 Å². The van der Waals surface area contributed by atoms with Gasteiger partial charge >= 0.3 is 0 Å². The first-order valence-electron chi connectivity index (χ1n) is 3.37. The van der Waals surface area contributed by atoms with Crippen molar-refractivity contribution in [2.75, 3.05) is 19.6 Å². The molecule has 1 aliphatic heterocycles. The van der Waals surface area contributed by atoms with Gasteiger partial charge in [-0.05, 0) is 6.92 Å². The molecule has 0 aromatic heterocycles. The largest absolute Gasteiger partial charge is 0.314 e. The van der Waals surface area contributed by atoms with Crippen LogP contribution >= 0.6 is 0 Å². The van der Waals surface area contributed by atoms with Crippen LogP contribution in [0.25, 0.3) is 0 Å². The molecule has 0 aromatic rings. The van der Waals surface area contributed by atoms with Gasteiger partial charge in [0.25, 0.3) is 0 Å². The van der Waals surface area contributed by atoms with Crippen molar-refractivity contribution < 1.29 is 0 Å². The Morgan fingerprint density at radius 1 is 1.78 bits per heavy atom. The van der Waals surface area contributed by atoms with Crippen molar-refractivity contribution in [3.63, 3.8) is 0 Å². The number of hydrogen-bond acceptors (Lipinski definition) is 2. The van der Waals surface area contributed by atoms with Crippen LogP contribution in [0.2, 0.25) is 0 Å². The normalized spacial score (nSPS) is 19.2. The number of rotatable bonds is 3. The summed E-state index contributed by atoms with van der Waals surface area (Å²) in [5, 5.41) is 6.55. The molecule has 1 saturated heterocycles. The summed E-state index contributed by atoms with van der Waals surface area (Å²) >= 11 is 0. The first-order chi connectivity index (χ1) is 4.29. The fourth-order valence-electron chi connectivity index (χ4n) is 0.752. The Morgan fingerprint density at radius 2 is 2.44 bits per heavy atom. The molecule has 52 valence electrons. The molecule has 2 heteroatoms. The van der Waals surface area contributed by atoms with Gasteiger partial charge < -0.3 is 10.6 Å². The molecule has 0 atom stereocenters. The lowest BCUT2D eigenvalue weighted by Crippen LogP contribution is -2.55. The molecular formula is C7H14N2. The molecule has 0 aliphatic carbocycles. The Kier molecular flexibility index (Phi) is 2.25. The molecule has 2 nitrogen and oxygen atoms in total. The van der Waals surface area contributed by atoms with Gasteiger partial charge in [-0.1, -0.05) is 12.2 Å². The van der Waals surface area contributed by atoms with Crippen molar-refractivity contribution in [1.29, 1.82) is 0 Å². The Morgan fingerprint density at radius 3 is 2.78 bits per heavy atom. The van der Waals surface area contributed by atoms with Crippen LogP contribution in [0.4, 0.5) is 0 Å². The van der Waals surface area contributed by atoms with Crippen molar-refractivity contribution >= 4 is 0 Å². The average molecular weight is 126 g/mol. The Balaban J connectivity index is 1.97. The SMILES string of the molecule is C=C(C)CNC1CNC1. The predicted octanol–water partition coefficient (Wildman–Crippen LogP) is 0.124. The summed E-state index contributed by atoms with van der Waals surface area (Å²) in [4.78, 5) is 0. The molecule has 0 saturated carbocycles. The van der Waals surface area contributed by atoms with Gasteiger partial charge in [0.2, 0.25) is 0 Å². The van der Waals surface area contributed by atoms with Crippen molar-refractivity contribution in [2.24, 2.45) is 0 Å². The lowest BCUT2D eigenvalue weighted by atomic mass is 10.2. The molecule has 0 radical (unpaired) electrons. The first kappa shape index (κ1) is 6.78. The van der Waals surface area contributed by atoms with Gasteiger partial charge in [-0.2, -0.15) is 0 Å². The monoisotopic (exact) mass is 126 g/mol. The van der Waals surface area contributed by atoms with Gasteiger partial charge in [0.05, 0.1) is 0 Å². The van der Waals surface area contributed by atoms with E-state index in [-0.39, 0.29) is 0 Å². The number of hydrogen-bond donors (Lipinski definition) is 2. The summed E-state index contributed by atoms with van der Waals surface area (Å²) in [7, 11) is 0. The fourth-order valence-corrected chi connectivity index (χ4v) is 0.752. The van der Waals surface area contributed by atoms with Crippen LogP contribution in [-0.2, 0) is 0 Å². The summed E-state index contributed by atoms with van der Waals surface area (Å²) in [6.45, 7) is 9.04. The van der Waals surface area contributed by atoms with Gasteiger partial charge in [-0.25, -0.2) is 0 Å². The van der Waals surface area contributed by atoms with Crippen LogP contribution < -0.4 is 10.6 Å². The summed E-state index contributed by atoms with van der Waals surface area (Å²) in [5.41, 5.74) is 1.21. The van der Waals surface area contributed by atoms with Crippen molar-refractivity contribution in [1.82, 2.24) is 10.6 Å². The van der Waals surface area contributed by atoms with Crippen LogP contribution in [0, 0.1) is 0 Å². The molecule has 0 aromatic carbocycles. The van der Waals surface area contributed by atoms with E-state index < -0.39 is 0 Å². The zero-order valence-electron chi connectivity index (χ0n) is 5.91. The second-order valence-electron chi connectivity index (χ2n) is 2.69. The molecule has 1 aliphatic rings. The zero-order chi connectivity index (χ0) is 6.69. The summed E-state index contributed by atoms with van der Waals surface area (Å²) < 4.78 is 0. The van der Waals surface area contributed by atoms with Crippen molar-refractivity contribution in [2.45, 2.75) is 13.0 Å². The number of nitrogens with one attached hydrogen (secondary N) is 2. The highest BCUT2D eigenvalue weighted by Gasteiger charge is 2.14. The minimum atomic E-state index is 0.696. The maximum atomic E-state index is 3.80. The third-order valence-electron chi connectivity index (χ3n) is 1.47. The molecule has 2 N–H and O–H groups in total. The minimum Gasteiger partial charge on any atom is -0.314 e. The van der Waals surface area contributed by atoms with E-state index in [0.717, 1.165) is 19.6 Å². The molecule has 0 unspecified atom stereocenters. The van der Waals surface area contributed by atoms with E-state index in [0.29, 0.717) is 6.04 Å². The van der Waals surface area contributed by atoms with E-state index in [4.69, 9.17) is 0 Å². The van der Waals surface area contributed by atoms with E-state index in [1.165, 1.54) is 5.57 Å². The van der Waals surface area contributed by atoms with Crippen LogP contribution in [0.3, 0.4) is 0 Å². The first-order valence-corrected chi connectivity index (χ1v) is 3.37. The maximum absolute atomic E-state index is 3.80. The van der Waals surface area contributed by atoms with E-state index in [9.17, 15) is 0 Å². The molecular weight excluding hydrogens is 112 g/mol. The Hall–Kier alpha value is -0.340. The van der Waals surface area contributed by atoms with Crippen LogP contribution in [-0.4, -0.2) is 25.7 Å². The standard InChI is InChI=1S/C7H14N2/c1-6(2)3-9-7-4-8-5-7/h7-9H,1,3-5H2,2H3. The highest BCUT2D eigenvalue weighted by atomic mass is 15.1. The molecule has 0 amide bonds. The van der Waals surface area contributed by atoms with Crippen molar-refractivity contribution in [3.8, 4) is 0 Å². The molecule has 1 rings (SSSR count). The fraction of sp³-hybridized carbons (Fsp3) is 0.714. The third kappa shape index (κ3) is 2.16. The predicted molar refractivity (Wildman–Crippen MR) is 39.5 cm³/mol. The van der Waals surface area contributed by atoms with E-state index in [1.54, 1.807) is 0 Å². The zero-order valence-corrected chi connectivity index (χ0v) is 5.91. The average Bonchev–Trinajstić information content (AvgIpc) is 1.60. The van der Waals surface area contributed by atoms with Gasteiger partial charge in [-0.15, -0.1) is 0 Å². The van der Waals surface area contributed by atoms with Crippen molar-refractivity contribution in [3.05, 3.63) is 12.2 Å². The lowest BCUT2D eigenvalue weighted by molar-refractivity contribution is 0.377. The molecule has 0 bridgehead atoms. The molecule has 1 fully saturated rings. The maximum Gasteiger partial charge on any atom is 0.0320 e. The van der Waals surface area contributed by atoms with Crippen LogP contribution in [0.1, 0.15) is 6.92 Å². The van der Waals surface area contributed by atoms with Crippen LogP contribution in [0.5, 0.6) is 0 Å². The smallest absolute Gasteiger partial charge is 0.0320 e. The quantitative estimate of drug-likeness (QED) is 0.525. The van der Waals surface area contributed by atoms with Gasteiger partial charge in [-0.3, -0.25) is 0 Å². The van der Waals surface area contributed by atoms with Gasteiger partial charge in [0, 0.05) is 25.7 Å². The van der Waals surface area contributed by atoms with Gasteiger partial charge in [0.1, 0.15) is 0 Å². The highest BCUT2D eigenvalue weighted by molar-refractivity contribution is 4.94. The van der Waals surface area contributed by atoms with E-state index >= 15 is 0 Å². The Bertz CT molecular complexity index is 105. The van der Waals surface area contributed by atoms with Crippen LogP contribution in [0.15, 0.2) is 12.2 Å². The third-order valence-corrected chi connectivity index (χ3v) is 1.47. The lowest BCUT2D eigenvalue weighted by Gasteiger charge is -2.28. The topological polar surface area (TPSA) is 24.1 Å².